The van der Waals surface area contributed by atoms with Gasteiger partial charge in [-0.2, -0.15) is 0 Å². The molecule has 0 aliphatic carbocycles. The summed E-state index contributed by atoms with van der Waals surface area (Å²) in [7, 11) is 0. The second-order valence-electron chi connectivity index (χ2n) is 3.54. The highest BCUT2D eigenvalue weighted by molar-refractivity contribution is 7.98. The summed E-state index contributed by atoms with van der Waals surface area (Å²) in [4.78, 5) is 8.07. The minimum absolute atomic E-state index is 0.389. The Morgan fingerprint density at radius 1 is 1.28 bits per heavy atom. The van der Waals surface area contributed by atoms with Gasteiger partial charge in [0.25, 0.3) is 0 Å². The van der Waals surface area contributed by atoms with Crippen molar-refractivity contribution in [1.29, 1.82) is 0 Å². The fraction of sp³-hybridized carbons (Fsp3) is 0.143. The zero-order chi connectivity index (χ0) is 12.6. The predicted octanol–water partition coefficient (Wildman–Crippen LogP) is 2.08. The summed E-state index contributed by atoms with van der Waals surface area (Å²) in [5, 5.41) is 0.975. The molecule has 2 rings (SSSR count). The van der Waals surface area contributed by atoms with Crippen LogP contribution in [0.5, 0.6) is 0 Å². The maximum Gasteiger partial charge on any atom is 0.116 e. The molecule has 0 amide bonds. The van der Waals surface area contributed by atoms with Crippen LogP contribution in [0.25, 0.3) is 0 Å². The molecule has 18 heavy (non-hydrogen) atoms. The molecule has 2 N–H and O–H groups in total. The van der Waals surface area contributed by atoms with E-state index in [9.17, 15) is 0 Å². The molecule has 0 aliphatic heterocycles. The van der Waals surface area contributed by atoms with Gasteiger partial charge in [0.1, 0.15) is 6.33 Å². The van der Waals surface area contributed by atoms with Gasteiger partial charge in [-0.15, -0.1) is 11.8 Å². The van der Waals surface area contributed by atoms with Gasteiger partial charge in [-0.3, -0.25) is 0 Å². The lowest BCUT2D eigenvalue weighted by atomic mass is 10.1. The van der Waals surface area contributed by atoms with Crippen LogP contribution in [0.1, 0.15) is 11.1 Å². The Bertz CT molecular complexity index is 558. The molecule has 1 heterocycles. The number of rotatable bonds is 3. The van der Waals surface area contributed by atoms with Gasteiger partial charge in [-0.25, -0.2) is 9.97 Å². The van der Waals surface area contributed by atoms with Crippen molar-refractivity contribution >= 4 is 11.8 Å². The van der Waals surface area contributed by atoms with Crippen LogP contribution in [-0.2, 0) is 5.75 Å². The molecule has 0 atom stereocenters. The van der Waals surface area contributed by atoms with Crippen LogP contribution in [0, 0.1) is 11.8 Å². The van der Waals surface area contributed by atoms with Crippen molar-refractivity contribution in [2.45, 2.75) is 10.8 Å². The lowest BCUT2D eigenvalue weighted by Gasteiger charge is -2.01. The van der Waals surface area contributed by atoms with Gasteiger partial charge in [-0.05, 0) is 23.8 Å². The first-order chi connectivity index (χ1) is 8.88. The van der Waals surface area contributed by atoms with E-state index in [2.05, 4.69) is 33.9 Å². The molecule has 90 valence electrons. The number of nitrogens with zero attached hydrogens (tertiary/aromatic N) is 2. The summed E-state index contributed by atoms with van der Waals surface area (Å²) in [6.07, 6.45) is 3.31. The third-order valence-corrected chi connectivity index (χ3v) is 3.22. The second kappa shape index (κ2) is 6.80. The zero-order valence-electron chi connectivity index (χ0n) is 9.84. The van der Waals surface area contributed by atoms with Gasteiger partial charge >= 0.3 is 0 Å². The maximum atomic E-state index is 5.36. The molecule has 0 saturated heterocycles. The van der Waals surface area contributed by atoms with Gasteiger partial charge in [0.05, 0.1) is 11.6 Å². The van der Waals surface area contributed by atoms with Crippen molar-refractivity contribution in [3.63, 3.8) is 0 Å². The average Bonchev–Trinajstić information content (AvgIpc) is 2.44. The summed E-state index contributed by atoms with van der Waals surface area (Å²) in [6, 6.07) is 10.1. The number of nitrogens with two attached hydrogens (primary N) is 1. The molecule has 0 aliphatic rings. The van der Waals surface area contributed by atoms with Crippen LogP contribution in [0.2, 0.25) is 0 Å². The van der Waals surface area contributed by atoms with Gasteiger partial charge in [-0.1, -0.05) is 24.0 Å². The number of aromatic nitrogens is 2. The molecule has 1 aromatic carbocycles. The SMILES string of the molecule is NCC#Cc1cccc(CSc2ccncn2)c1. The summed E-state index contributed by atoms with van der Waals surface area (Å²) in [6.45, 7) is 0.389. The summed E-state index contributed by atoms with van der Waals surface area (Å²) in [5.74, 6) is 6.76. The van der Waals surface area contributed by atoms with E-state index in [1.165, 1.54) is 5.56 Å². The fourth-order valence-electron chi connectivity index (χ4n) is 1.41. The number of thioether (sulfide) groups is 1. The molecule has 0 fully saturated rings. The first kappa shape index (κ1) is 12.6. The van der Waals surface area contributed by atoms with Crippen molar-refractivity contribution in [3.8, 4) is 11.8 Å². The lowest BCUT2D eigenvalue weighted by Crippen LogP contribution is -1.93. The lowest BCUT2D eigenvalue weighted by molar-refractivity contribution is 1.05. The molecule has 0 bridgehead atoms. The molecule has 0 radical (unpaired) electrons. The van der Waals surface area contributed by atoms with E-state index in [1.54, 1.807) is 24.3 Å². The van der Waals surface area contributed by atoms with Crippen LogP contribution in [-0.4, -0.2) is 16.5 Å². The van der Waals surface area contributed by atoms with Crippen molar-refractivity contribution in [1.82, 2.24) is 9.97 Å². The second-order valence-corrected chi connectivity index (χ2v) is 4.54. The highest BCUT2D eigenvalue weighted by atomic mass is 32.2. The van der Waals surface area contributed by atoms with Crippen molar-refractivity contribution in [2.75, 3.05) is 6.54 Å². The van der Waals surface area contributed by atoms with Crippen LogP contribution >= 0.6 is 11.8 Å². The van der Waals surface area contributed by atoms with Gasteiger partial charge in [0, 0.05) is 17.5 Å². The Balaban J connectivity index is 2.01. The van der Waals surface area contributed by atoms with Crippen LogP contribution in [0.3, 0.4) is 0 Å². The van der Waals surface area contributed by atoms with E-state index in [0.717, 1.165) is 16.3 Å². The van der Waals surface area contributed by atoms with Crippen molar-refractivity contribution < 1.29 is 0 Å². The van der Waals surface area contributed by atoms with Gasteiger partial charge in [0.15, 0.2) is 0 Å². The monoisotopic (exact) mass is 255 g/mol. The van der Waals surface area contributed by atoms with E-state index in [-0.39, 0.29) is 0 Å². The Morgan fingerprint density at radius 2 is 2.22 bits per heavy atom. The Kier molecular flexibility index (Phi) is 4.77. The molecule has 0 unspecified atom stereocenters. The largest absolute Gasteiger partial charge is 0.320 e. The van der Waals surface area contributed by atoms with Gasteiger partial charge < -0.3 is 5.73 Å². The molecule has 0 spiro atoms. The molecule has 3 nitrogen and oxygen atoms in total. The van der Waals surface area contributed by atoms with Gasteiger partial charge in [0.2, 0.25) is 0 Å². The minimum Gasteiger partial charge on any atom is -0.320 e. The Morgan fingerprint density at radius 3 is 3.00 bits per heavy atom. The fourth-order valence-corrected chi connectivity index (χ4v) is 2.19. The van der Waals surface area contributed by atoms with Crippen molar-refractivity contribution in [3.05, 3.63) is 54.0 Å². The number of hydrogen-bond acceptors (Lipinski definition) is 4. The third-order valence-electron chi connectivity index (χ3n) is 2.20. The first-order valence-corrected chi connectivity index (χ1v) is 6.54. The Hall–Kier alpha value is -1.83. The standard InChI is InChI=1S/C14H13N3S/c15-7-2-5-12-3-1-4-13(9-12)10-18-14-6-8-16-11-17-14/h1,3-4,6,8-9,11H,7,10,15H2. The van der Waals surface area contributed by atoms with E-state index >= 15 is 0 Å². The molecule has 1 aromatic heterocycles. The first-order valence-electron chi connectivity index (χ1n) is 5.55. The smallest absolute Gasteiger partial charge is 0.116 e. The molecule has 0 saturated carbocycles. The highest BCUT2D eigenvalue weighted by Crippen LogP contribution is 2.20. The molecular weight excluding hydrogens is 242 g/mol. The number of hydrogen-bond donors (Lipinski definition) is 1. The molecule has 4 heteroatoms. The van der Waals surface area contributed by atoms with Crippen LogP contribution < -0.4 is 5.73 Å². The molecule has 2 aromatic rings. The number of benzene rings is 1. The van der Waals surface area contributed by atoms with E-state index in [4.69, 9.17) is 5.73 Å². The topological polar surface area (TPSA) is 51.8 Å². The summed E-state index contributed by atoms with van der Waals surface area (Å²) < 4.78 is 0. The highest BCUT2D eigenvalue weighted by Gasteiger charge is 1.97. The zero-order valence-corrected chi connectivity index (χ0v) is 10.7. The van der Waals surface area contributed by atoms with E-state index in [1.807, 2.05) is 18.2 Å². The van der Waals surface area contributed by atoms with Crippen LogP contribution in [0.4, 0.5) is 0 Å². The quantitative estimate of drug-likeness (QED) is 0.518. The Labute approximate surface area is 111 Å². The average molecular weight is 255 g/mol. The van der Waals surface area contributed by atoms with E-state index < -0.39 is 0 Å². The van der Waals surface area contributed by atoms with Crippen molar-refractivity contribution in [2.24, 2.45) is 5.73 Å². The third kappa shape index (κ3) is 3.88. The summed E-state index contributed by atoms with van der Waals surface area (Å²) >= 11 is 1.68. The summed E-state index contributed by atoms with van der Waals surface area (Å²) in [5.41, 5.74) is 7.58. The van der Waals surface area contributed by atoms with Crippen LogP contribution in [0.15, 0.2) is 47.9 Å². The normalized spacial score (nSPS) is 9.61. The minimum atomic E-state index is 0.389. The maximum absolute atomic E-state index is 5.36. The van der Waals surface area contributed by atoms with E-state index in [0.29, 0.717) is 6.54 Å². The predicted molar refractivity (Wildman–Crippen MR) is 74.0 cm³/mol. The molecular formula is C14H13N3S.